The van der Waals surface area contributed by atoms with E-state index in [0.717, 1.165) is 23.7 Å². The zero-order valence-corrected chi connectivity index (χ0v) is 13.2. The summed E-state index contributed by atoms with van der Waals surface area (Å²) in [7, 11) is 1.36. The van der Waals surface area contributed by atoms with E-state index >= 15 is 0 Å². The van der Waals surface area contributed by atoms with Crippen molar-refractivity contribution in [3.63, 3.8) is 0 Å². The highest BCUT2D eigenvalue weighted by Gasteiger charge is 2.28. The van der Waals surface area contributed by atoms with E-state index in [-0.39, 0.29) is 0 Å². The fourth-order valence-corrected chi connectivity index (χ4v) is 3.20. The van der Waals surface area contributed by atoms with Crippen LogP contribution in [0.5, 0.6) is 0 Å². The Morgan fingerprint density at radius 3 is 3.13 bits per heavy atom. The van der Waals surface area contributed by atoms with Crippen molar-refractivity contribution in [2.45, 2.75) is 29.8 Å². The van der Waals surface area contributed by atoms with Crippen molar-refractivity contribution in [1.82, 2.24) is 29.6 Å². The number of nitrogens with zero attached hydrogens (tertiary/aromatic N) is 6. The Morgan fingerprint density at radius 1 is 1.48 bits per heavy atom. The van der Waals surface area contributed by atoms with Crippen LogP contribution in [0.25, 0.3) is 5.65 Å². The molecule has 0 atom stereocenters. The number of ether oxygens (including phenoxy) is 1. The molecule has 0 N–H and O–H groups in total. The first kappa shape index (κ1) is 14.2. The van der Waals surface area contributed by atoms with E-state index in [1.807, 2.05) is 21.5 Å². The maximum absolute atomic E-state index is 11.8. The SMILES string of the molecule is COC(=O)c1cccn2cc(CSc3nnnn3C3CC3)nc12. The maximum Gasteiger partial charge on any atom is 0.341 e. The molecule has 0 spiro atoms. The molecule has 23 heavy (non-hydrogen) atoms. The number of fused-ring (bicyclic) bond motifs is 1. The van der Waals surface area contributed by atoms with Gasteiger partial charge in [-0.05, 0) is 35.4 Å². The van der Waals surface area contributed by atoms with Crippen molar-refractivity contribution in [3.8, 4) is 0 Å². The van der Waals surface area contributed by atoms with E-state index in [4.69, 9.17) is 4.74 Å². The minimum absolute atomic E-state index is 0.391. The molecule has 0 unspecified atom stereocenters. The number of hydrogen-bond acceptors (Lipinski definition) is 7. The second kappa shape index (κ2) is 5.65. The van der Waals surface area contributed by atoms with E-state index in [1.54, 1.807) is 23.9 Å². The summed E-state index contributed by atoms with van der Waals surface area (Å²) in [5, 5.41) is 12.6. The lowest BCUT2D eigenvalue weighted by Crippen LogP contribution is -2.03. The Morgan fingerprint density at radius 2 is 2.35 bits per heavy atom. The van der Waals surface area contributed by atoms with Gasteiger partial charge in [-0.15, -0.1) is 5.10 Å². The first-order valence-electron chi connectivity index (χ1n) is 7.22. The summed E-state index contributed by atoms with van der Waals surface area (Å²) < 4.78 is 8.49. The first-order chi connectivity index (χ1) is 11.3. The molecule has 1 aliphatic rings. The number of tetrazole rings is 1. The molecule has 0 saturated heterocycles. The monoisotopic (exact) mass is 330 g/mol. The van der Waals surface area contributed by atoms with Gasteiger partial charge in [0, 0.05) is 18.1 Å². The van der Waals surface area contributed by atoms with Gasteiger partial charge in [0.1, 0.15) is 5.56 Å². The van der Waals surface area contributed by atoms with Crippen molar-refractivity contribution < 1.29 is 9.53 Å². The molecule has 3 aromatic heterocycles. The standard InChI is InChI=1S/C14H14N6O2S/c1-22-13(21)11-3-2-6-19-7-9(15-12(11)19)8-23-14-16-17-18-20(14)10-4-5-10/h2-3,6-7,10H,4-5,8H2,1H3. The van der Waals surface area contributed by atoms with Crippen molar-refractivity contribution in [3.05, 3.63) is 35.8 Å². The molecule has 1 fully saturated rings. The Hall–Kier alpha value is -2.42. The van der Waals surface area contributed by atoms with E-state index in [1.165, 1.54) is 7.11 Å². The van der Waals surface area contributed by atoms with Crippen molar-refractivity contribution in [2.24, 2.45) is 0 Å². The van der Waals surface area contributed by atoms with Crippen LogP contribution in [0.1, 0.15) is 34.9 Å². The normalized spacial score (nSPS) is 14.3. The molecular weight excluding hydrogens is 316 g/mol. The number of imidazole rings is 1. The summed E-state index contributed by atoms with van der Waals surface area (Å²) in [6, 6.07) is 3.95. The Labute approximate surface area is 135 Å². The minimum atomic E-state index is -0.391. The molecule has 0 radical (unpaired) electrons. The van der Waals surface area contributed by atoms with Crippen LogP contribution in [0.2, 0.25) is 0 Å². The van der Waals surface area contributed by atoms with E-state index in [2.05, 4.69) is 20.5 Å². The molecule has 118 valence electrons. The van der Waals surface area contributed by atoms with Gasteiger partial charge in [-0.25, -0.2) is 14.5 Å². The summed E-state index contributed by atoms with van der Waals surface area (Å²) in [5.41, 5.74) is 1.91. The van der Waals surface area contributed by atoms with Crippen LogP contribution in [0.15, 0.2) is 29.7 Å². The molecule has 1 saturated carbocycles. The molecule has 9 heteroatoms. The average Bonchev–Trinajstić information content (AvgIpc) is 3.16. The Kier molecular flexibility index (Phi) is 3.49. The van der Waals surface area contributed by atoms with Gasteiger partial charge in [0.25, 0.3) is 0 Å². The van der Waals surface area contributed by atoms with Crippen LogP contribution in [-0.2, 0) is 10.5 Å². The summed E-state index contributed by atoms with van der Waals surface area (Å²) in [6.07, 6.45) is 6.03. The Balaban J connectivity index is 1.57. The smallest absolute Gasteiger partial charge is 0.341 e. The van der Waals surface area contributed by atoms with E-state index < -0.39 is 5.97 Å². The van der Waals surface area contributed by atoms with Gasteiger partial charge < -0.3 is 9.14 Å². The third-order valence-electron chi connectivity index (χ3n) is 3.64. The molecule has 0 aromatic carbocycles. The molecule has 3 heterocycles. The van der Waals surface area contributed by atoms with Gasteiger partial charge in [0.15, 0.2) is 5.65 Å². The minimum Gasteiger partial charge on any atom is -0.465 e. The van der Waals surface area contributed by atoms with Gasteiger partial charge in [-0.3, -0.25) is 0 Å². The number of carbonyl (C=O) groups is 1. The topological polar surface area (TPSA) is 87.2 Å². The molecule has 0 amide bonds. The highest BCUT2D eigenvalue weighted by Crippen LogP contribution is 2.36. The van der Waals surface area contributed by atoms with Crippen LogP contribution < -0.4 is 0 Å². The summed E-state index contributed by atoms with van der Waals surface area (Å²) in [4.78, 5) is 16.3. The number of carbonyl (C=O) groups excluding carboxylic acids is 1. The highest BCUT2D eigenvalue weighted by atomic mass is 32.2. The summed E-state index contributed by atoms with van der Waals surface area (Å²) in [5.74, 6) is 0.244. The van der Waals surface area contributed by atoms with Crippen LogP contribution in [-0.4, -0.2) is 42.7 Å². The summed E-state index contributed by atoms with van der Waals surface area (Å²) >= 11 is 1.55. The van der Waals surface area contributed by atoms with Gasteiger partial charge in [0.2, 0.25) is 5.16 Å². The highest BCUT2D eigenvalue weighted by molar-refractivity contribution is 7.98. The van der Waals surface area contributed by atoms with Crippen LogP contribution in [0, 0.1) is 0 Å². The lowest BCUT2D eigenvalue weighted by Gasteiger charge is -2.00. The molecule has 3 aromatic rings. The molecular formula is C14H14N6O2S. The second-order valence-electron chi connectivity index (χ2n) is 5.30. The zero-order chi connectivity index (χ0) is 15.8. The first-order valence-corrected chi connectivity index (χ1v) is 8.20. The fraction of sp³-hybridized carbons (Fsp3) is 0.357. The number of methoxy groups -OCH3 is 1. The number of hydrogen-bond donors (Lipinski definition) is 0. The average molecular weight is 330 g/mol. The van der Waals surface area contributed by atoms with Gasteiger partial charge in [-0.2, -0.15) is 0 Å². The van der Waals surface area contributed by atoms with Crippen LogP contribution in [0.3, 0.4) is 0 Å². The number of esters is 1. The number of pyridine rings is 1. The molecule has 4 rings (SSSR count). The Bertz CT molecular complexity index is 869. The predicted octanol–water partition coefficient (Wildman–Crippen LogP) is 1.73. The van der Waals surface area contributed by atoms with E-state index in [0.29, 0.717) is 23.0 Å². The zero-order valence-electron chi connectivity index (χ0n) is 12.4. The number of thioether (sulfide) groups is 1. The van der Waals surface area contributed by atoms with Gasteiger partial charge >= 0.3 is 5.97 Å². The van der Waals surface area contributed by atoms with E-state index in [9.17, 15) is 4.79 Å². The second-order valence-corrected chi connectivity index (χ2v) is 6.24. The lowest BCUT2D eigenvalue weighted by molar-refractivity contribution is 0.0602. The number of aromatic nitrogens is 6. The van der Waals surface area contributed by atoms with Crippen LogP contribution >= 0.6 is 11.8 Å². The van der Waals surface area contributed by atoms with Gasteiger partial charge in [0.05, 0.1) is 18.8 Å². The largest absolute Gasteiger partial charge is 0.465 e. The van der Waals surface area contributed by atoms with Crippen molar-refractivity contribution in [2.75, 3.05) is 7.11 Å². The lowest BCUT2D eigenvalue weighted by atomic mass is 10.3. The molecule has 8 nitrogen and oxygen atoms in total. The summed E-state index contributed by atoms with van der Waals surface area (Å²) in [6.45, 7) is 0. The molecule has 0 bridgehead atoms. The van der Waals surface area contributed by atoms with Gasteiger partial charge in [-0.1, -0.05) is 11.8 Å². The van der Waals surface area contributed by atoms with Crippen LogP contribution in [0.4, 0.5) is 0 Å². The fourth-order valence-electron chi connectivity index (χ4n) is 2.37. The van der Waals surface area contributed by atoms with Crippen molar-refractivity contribution in [1.29, 1.82) is 0 Å². The maximum atomic E-state index is 11.8. The molecule has 1 aliphatic carbocycles. The molecule has 0 aliphatic heterocycles. The number of rotatable bonds is 5. The third kappa shape index (κ3) is 2.67. The van der Waals surface area contributed by atoms with Crippen molar-refractivity contribution >= 4 is 23.4 Å². The predicted molar refractivity (Wildman–Crippen MR) is 82.2 cm³/mol. The third-order valence-corrected chi connectivity index (χ3v) is 4.61. The quantitative estimate of drug-likeness (QED) is 0.520.